The lowest BCUT2D eigenvalue weighted by molar-refractivity contribution is 0.414. The number of imidazole rings is 1. The SMILES string of the molecule is Cn1c(-c2cccc(Oc3cccc(-n4c5ncccc5c5ccc6c(c54)Oc4ccccc4[N+]6(C)C)c3)c2)nc2ccccc21. The van der Waals surface area contributed by atoms with Crippen molar-refractivity contribution in [1.29, 1.82) is 0 Å². The molecular formula is C39H30N5O2+. The summed E-state index contributed by atoms with van der Waals surface area (Å²) in [6, 6.07) is 41.1. The number of nitrogens with zero attached hydrogens (tertiary/aromatic N) is 5. The Balaban J connectivity index is 1.17. The number of aromatic nitrogens is 4. The van der Waals surface area contributed by atoms with Gasteiger partial charge in [0.05, 0.1) is 30.8 Å². The first-order chi connectivity index (χ1) is 22.5. The summed E-state index contributed by atoms with van der Waals surface area (Å²) in [6.07, 6.45) is 1.84. The van der Waals surface area contributed by atoms with E-state index in [9.17, 15) is 0 Å². The Kier molecular flexibility index (Phi) is 5.64. The van der Waals surface area contributed by atoms with Crippen LogP contribution in [0.1, 0.15) is 0 Å². The molecule has 4 heterocycles. The molecule has 0 saturated heterocycles. The molecule has 5 aromatic carbocycles. The fourth-order valence-electron chi connectivity index (χ4n) is 6.85. The van der Waals surface area contributed by atoms with Crippen molar-refractivity contribution in [2.24, 2.45) is 7.05 Å². The van der Waals surface area contributed by atoms with Crippen molar-refractivity contribution in [3.8, 4) is 40.1 Å². The maximum absolute atomic E-state index is 6.73. The lowest BCUT2D eigenvalue weighted by Gasteiger charge is -2.35. The molecule has 0 N–H and O–H groups in total. The third-order valence-corrected chi connectivity index (χ3v) is 9.10. The average Bonchev–Trinajstić information content (AvgIpc) is 3.60. The Hall–Kier alpha value is -5.92. The molecule has 9 rings (SSSR count). The smallest absolute Gasteiger partial charge is 0.213 e. The van der Waals surface area contributed by atoms with Gasteiger partial charge < -0.3 is 14.0 Å². The molecule has 46 heavy (non-hydrogen) atoms. The first kappa shape index (κ1) is 26.5. The molecule has 3 aromatic heterocycles. The summed E-state index contributed by atoms with van der Waals surface area (Å²) in [5.74, 6) is 4.04. The zero-order valence-electron chi connectivity index (χ0n) is 25.7. The number of quaternary nitrogens is 1. The molecule has 8 aromatic rings. The Bertz CT molecular complexity index is 2490. The Labute approximate surface area is 265 Å². The molecule has 7 nitrogen and oxygen atoms in total. The fourth-order valence-corrected chi connectivity index (χ4v) is 6.85. The highest BCUT2D eigenvalue weighted by Gasteiger charge is 2.37. The van der Waals surface area contributed by atoms with Crippen molar-refractivity contribution in [3.05, 3.63) is 128 Å². The third kappa shape index (κ3) is 3.89. The van der Waals surface area contributed by atoms with Gasteiger partial charge in [-0.05, 0) is 60.7 Å². The van der Waals surface area contributed by atoms with Gasteiger partial charge in [-0.25, -0.2) is 9.97 Å². The van der Waals surface area contributed by atoms with E-state index in [2.05, 4.69) is 77.8 Å². The van der Waals surface area contributed by atoms with E-state index in [0.717, 1.165) is 84.4 Å². The minimum Gasteiger partial charge on any atom is -0.457 e. The van der Waals surface area contributed by atoms with E-state index in [4.69, 9.17) is 19.4 Å². The summed E-state index contributed by atoms with van der Waals surface area (Å²) in [7, 11) is 6.45. The third-order valence-electron chi connectivity index (χ3n) is 9.10. The maximum atomic E-state index is 6.73. The molecule has 0 amide bonds. The molecule has 0 atom stereocenters. The van der Waals surface area contributed by atoms with Crippen LogP contribution in [0.3, 0.4) is 0 Å². The first-order valence-corrected chi connectivity index (χ1v) is 15.3. The molecule has 0 fully saturated rings. The van der Waals surface area contributed by atoms with Gasteiger partial charge in [-0.1, -0.05) is 42.5 Å². The van der Waals surface area contributed by atoms with Crippen molar-refractivity contribution in [2.45, 2.75) is 0 Å². The van der Waals surface area contributed by atoms with E-state index in [1.165, 1.54) is 0 Å². The van der Waals surface area contributed by atoms with Gasteiger partial charge in [0, 0.05) is 47.8 Å². The number of benzene rings is 5. The molecule has 0 unspecified atom stereocenters. The number of aryl methyl sites for hydroxylation is 1. The molecule has 7 heteroatoms. The lowest BCUT2D eigenvalue weighted by Crippen LogP contribution is -2.36. The molecule has 1 aliphatic rings. The van der Waals surface area contributed by atoms with Crippen molar-refractivity contribution in [2.75, 3.05) is 14.1 Å². The second-order valence-corrected chi connectivity index (χ2v) is 12.2. The lowest BCUT2D eigenvalue weighted by atomic mass is 10.1. The minimum absolute atomic E-state index is 0.571. The molecule has 0 spiro atoms. The predicted molar refractivity (Wildman–Crippen MR) is 185 cm³/mol. The highest BCUT2D eigenvalue weighted by atomic mass is 16.5. The van der Waals surface area contributed by atoms with Crippen molar-refractivity contribution >= 4 is 44.3 Å². The molecule has 1 aliphatic heterocycles. The number of rotatable bonds is 4. The van der Waals surface area contributed by atoms with Crippen LogP contribution in [0.25, 0.3) is 50.0 Å². The standard InChI is InChI=1S/C39H30N5O2/c1-42-32-17-5-4-16-31(32)41-38(42)25-11-8-13-27(23-25)45-28-14-9-12-26(24-28)43-36-29(30-15-10-22-40-39(30)43)20-21-34-37(36)46-35-19-7-6-18-33(35)44(34,2)3/h4-24H,1-3H3/q+1. The van der Waals surface area contributed by atoms with Crippen molar-refractivity contribution in [3.63, 3.8) is 0 Å². The van der Waals surface area contributed by atoms with Crippen LogP contribution in [0.4, 0.5) is 11.4 Å². The maximum Gasteiger partial charge on any atom is 0.213 e. The number of pyridine rings is 1. The molecule has 0 aliphatic carbocycles. The van der Waals surface area contributed by atoms with Crippen molar-refractivity contribution in [1.82, 2.24) is 23.6 Å². The van der Waals surface area contributed by atoms with E-state index in [1.54, 1.807) is 0 Å². The van der Waals surface area contributed by atoms with Gasteiger partial charge in [-0.15, -0.1) is 0 Å². The summed E-state index contributed by atoms with van der Waals surface area (Å²) in [4.78, 5) is 9.74. The minimum atomic E-state index is 0.571. The summed E-state index contributed by atoms with van der Waals surface area (Å²) >= 11 is 0. The number of hydrogen-bond acceptors (Lipinski definition) is 4. The summed E-state index contributed by atoms with van der Waals surface area (Å²) < 4.78 is 18.1. The van der Waals surface area contributed by atoms with Gasteiger partial charge in [0.2, 0.25) is 5.75 Å². The van der Waals surface area contributed by atoms with Gasteiger partial charge >= 0.3 is 0 Å². The second-order valence-electron chi connectivity index (χ2n) is 12.2. The Morgan fingerprint density at radius 1 is 0.717 bits per heavy atom. The van der Waals surface area contributed by atoms with E-state index in [1.807, 2.05) is 80.0 Å². The van der Waals surface area contributed by atoms with Crippen molar-refractivity contribution < 1.29 is 9.47 Å². The van der Waals surface area contributed by atoms with Crippen LogP contribution in [0.5, 0.6) is 23.0 Å². The van der Waals surface area contributed by atoms with E-state index < -0.39 is 0 Å². The number of hydrogen-bond donors (Lipinski definition) is 0. The zero-order valence-corrected chi connectivity index (χ0v) is 25.7. The Morgan fingerprint density at radius 2 is 1.52 bits per heavy atom. The molecule has 0 radical (unpaired) electrons. The van der Waals surface area contributed by atoms with Crippen LogP contribution in [-0.2, 0) is 7.05 Å². The molecule has 0 saturated carbocycles. The van der Waals surface area contributed by atoms with Crippen LogP contribution < -0.4 is 14.0 Å². The zero-order chi connectivity index (χ0) is 31.0. The van der Waals surface area contributed by atoms with Gasteiger partial charge in [-0.2, -0.15) is 0 Å². The van der Waals surface area contributed by atoms with E-state index >= 15 is 0 Å². The predicted octanol–water partition coefficient (Wildman–Crippen LogP) is 9.53. The molecule has 222 valence electrons. The molecule has 0 bridgehead atoms. The summed E-state index contributed by atoms with van der Waals surface area (Å²) in [6.45, 7) is 0. The van der Waals surface area contributed by atoms with E-state index in [0.29, 0.717) is 4.48 Å². The van der Waals surface area contributed by atoms with Crippen LogP contribution in [-0.4, -0.2) is 33.2 Å². The van der Waals surface area contributed by atoms with Crippen LogP contribution >= 0.6 is 0 Å². The number of para-hydroxylation sites is 4. The van der Waals surface area contributed by atoms with Crippen LogP contribution in [0.15, 0.2) is 128 Å². The molecular weight excluding hydrogens is 570 g/mol. The number of fused-ring (bicyclic) bond motifs is 7. The van der Waals surface area contributed by atoms with E-state index in [-0.39, 0.29) is 0 Å². The number of ether oxygens (including phenoxy) is 2. The quantitative estimate of drug-likeness (QED) is 0.189. The highest BCUT2D eigenvalue weighted by Crippen LogP contribution is 2.53. The summed E-state index contributed by atoms with van der Waals surface area (Å²) in [5.41, 5.74) is 8.02. The fraction of sp³-hybridized carbons (Fsp3) is 0.0769. The normalized spacial score (nSPS) is 13.5. The summed E-state index contributed by atoms with van der Waals surface area (Å²) in [5, 5.41) is 2.15. The highest BCUT2D eigenvalue weighted by molar-refractivity contribution is 6.12. The topological polar surface area (TPSA) is 54.1 Å². The van der Waals surface area contributed by atoms with Gasteiger partial charge in [0.25, 0.3) is 0 Å². The van der Waals surface area contributed by atoms with Crippen LogP contribution in [0.2, 0.25) is 0 Å². The monoisotopic (exact) mass is 600 g/mol. The Morgan fingerprint density at radius 3 is 2.41 bits per heavy atom. The average molecular weight is 601 g/mol. The second kappa shape index (κ2) is 9.79. The largest absolute Gasteiger partial charge is 0.457 e. The first-order valence-electron chi connectivity index (χ1n) is 15.3. The van der Waals surface area contributed by atoms with Crippen LogP contribution in [0, 0.1) is 0 Å². The van der Waals surface area contributed by atoms with Gasteiger partial charge in [0.1, 0.15) is 28.5 Å². The van der Waals surface area contributed by atoms with Gasteiger partial charge in [0.15, 0.2) is 17.1 Å². The van der Waals surface area contributed by atoms with Gasteiger partial charge in [-0.3, -0.25) is 9.05 Å².